The maximum atomic E-state index is 11.5. The second-order valence-corrected chi connectivity index (χ2v) is 4.69. The van der Waals surface area contributed by atoms with E-state index in [4.69, 9.17) is 5.11 Å². The summed E-state index contributed by atoms with van der Waals surface area (Å²) < 4.78 is 1.35. The third-order valence-corrected chi connectivity index (χ3v) is 3.05. The number of nitrogens with one attached hydrogen (secondary N) is 2. The number of carbonyl (C=O) groups is 2. The fraction of sp³-hybridized carbons (Fsp3) is 0.300. The fourth-order valence-electron chi connectivity index (χ4n) is 1.35. The van der Waals surface area contributed by atoms with Gasteiger partial charge in [-0.15, -0.1) is 16.4 Å². The number of carbonyl (C=O) groups excluding carboxylic acids is 1. The quantitative estimate of drug-likeness (QED) is 0.686. The smallest absolute Gasteiger partial charge is 0.358 e. The summed E-state index contributed by atoms with van der Waals surface area (Å²) in [6.45, 7) is 1.02. The van der Waals surface area contributed by atoms with E-state index in [-0.39, 0.29) is 11.7 Å². The number of carboxylic acids is 1. The average molecular weight is 296 g/mol. The molecule has 0 bridgehead atoms. The van der Waals surface area contributed by atoms with Crippen molar-refractivity contribution in [1.82, 2.24) is 30.6 Å². The van der Waals surface area contributed by atoms with Crippen LogP contribution in [0.1, 0.15) is 15.5 Å². The number of urea groups is 1. The summed E-state index contributed by atoms with van der Waals surface area (Å²) in [5, 5.41) is 23.7. The van der Waals surface area contributed by atoms with Crippen LogP contribution in [0.4, 0.5) is 4.79 Å². The van der Waals surface area contributed by atoms with E-state index in [1.54, 1.807) is 6.20 Å². The Balaban J connectivity index is 1.67. The van der Waals surface area contributed by atoms with E-state index in [0.29, 0.717) is 19.6 Å². The molecule has 0 aliphatic carbocycles. The number of hydrogen-bond donors (Lipinski definition) is 3. The third kappa shape index (κ3) is 4.02. The molecule has 0 spiro atoms. The minimum absolute atomic E-state index is 0.127. The van der Waals surface area contributed by atoms with Crippen LogP contribution in [0.15, 0.2) is 17.8 Å². The highest BCUT2D eigenvalue weighted by Gasteiger charge is 2.08. The van der Waals surface area contributed by atoms with Gasteiger partial charge in [-0.3, -0.25) is 0 Å². The molecule has 0 aliphatic heterocycles. The van der Waals surface area contributed by atoms with Gasteiger partial charge >= 0.3 is 12.0 Å². The molecule has 2 heterocycles. The highest BCUT2D eigenvalue weighted by Crippen LogP contribution is 2.02. The number of thiazole rings is 1. The Hall–Kier alpha value is -2.49. The Morgan fingerprint density at radius 3 is 2.90 bits per heavy atom. The number of aromatic carboxylic acids is 1. The summed E-state index contributed by atoms with van der Waals surface area (Å²) in [5.74, 6) is -1.13. The Morgan fingerprint density at radius 1 is 1.40 bits per heavy atom. The molecule has 10 heteroatoms. The molecule has 9 nitrogen and oxygen atoms in total. The first kappa shape index (κ1) is 13.9. The van der Waals surface area contributed by atoms with Gasteiger partial charge in [-0.1, -0.05) is 5.21 Å². The van der Waals surface area contributed by atoms with Crippen LogP contribution < -0.4 is 10.6 Å². The number of aromatic nitrogens is 4. The molecule has 2 rings (SSSR count). The zero-order valence-electron chi connectivity index (χ0n) is 10.3. The lowest BCUT2D eigenvalue weighted by atomic mass is 10.5. The molecule has 2 amide bonds. The highest BCUT2D eigenvalue weighted by atomic mass is 32.1. The van der Waals surface area contributed by atoms with E-state index >= 15 is 0 Å². The van der Waals surface area contributed by atoms with Gasteiger partial charge in [0.25, 0.3) is 0 Å². The summed E-state index contributed by atoms with van der Waals surface area (Å²) in [5.41, 5.74) is -0.127. The predicted octanol–water partition coefficient (Wildman–Crippen LogP) is -0.0678. The Kier molecular flexibility index (Phi) is 4.60. The van der Waals surface area contributed by atoms with Crippen molar-refractivity contribution in [3.63, 3.8) is 0 Å². The molecule has 0 aliphatic rings. The first-order valence-electron chi connectivity index (χ1n) is 5.68. The maximum absolute atomic E-state index is 11.5. The summed E-state index contributed by atoms with van der Waals surface area (Å²) >= 11 is 1.46. The molecule has 20 heavy (non-hydrogen) atoms. The molecule has 3 N–H and O–H groups in total. The molecule has 0 saturated heterocycles. The van der Waals surface area contributed by atoms with Crippen molar-refractivity contribution in [2.45, 2.75) is 13.1 Å². The standard InChI is InChI=1S/C10H12N6O3S/c17-9(18)7-6-16(15-14-7)3-1-12-10(19)13-5-8-11-2-4-20-8/h2,4,6H,1,3,5H2,(H,17,18)(H2,12,13,19). The van der Waals surface area contributed by atoms with Crippen LogP contribution in [0, 0.1) is 0 Å². The van der Waals surface area contributed by atoms with E-state index in [9.17, 15) is 9.59 Å². The highest BCUT2D eigenvalue weighted by molar-refractivity contribution is 7.09. The normalized spacial score (nSPS) is 10.2. The van der Waals surface area contributed by atoms with E-state index < -0.39 is 5.97 Å². The van der Waals surface area contributed by atoms with Crippen LogP contribution in [0.2, 0.25) is 0 Å². The predicted molar refractivity (Wildman–Crippen MR) is 69.3 cm³/mol. The van der Waals surface area contributed by atoms with Crippen LogP contribution in [-0.4, -0.2) is 43.6 Å². The monoisotopic (exact) mass is 296 g/mol. The Bertz CT molecular complexity index is 582. The zero-order chi connectivity index (χ0) is 14.4. The molecule has 106 valence electrons. The van der Waals surface area contributed by atoms with E-state index in [2.05, 4.69) is 25.9 Å². The van der Waals surface area contributed by atoms with Gasteiger partial charge in [-0.05, 0) is 0 Å². The van der Waals surface area contributed by atoms with E-state index in [1.807, 2.05) is 5.38 Å². The number of rotatable bonds is 6. The van der Waals surface area contributed by atoms with Gasteiger partial charge in [0.1, 0.15) is 5.01 Å². The summed E-state index contributed by atoms with van der Waals surface area (Å²) in [4.78, 5) is 26.1. The van der Waals surface area contributed by atoms with Crippen molar-refractivity contribution >= 4 is 23.3 Å². The first-order valence-corrected chi connectivity index (χ1v) is 6.56. The third-order valence-electron chi connectivity index (χ3n) is 2.27. The van der Waals surface area contributed by atoms with Crippen molar-refractivity contribution in [1.29, 1.82) is 0 Å². The lowest BCUT2D eigenvalue weighted by Crippen LogP contribution is -2.36. The van der Waals surface area contributed by atoms with Gasteiger partial charge in [0, 0.05) is 18.1 Å². The molecule has 0 saturated carbocycles. The number of carboxylic acid groups (broad SMARTS) is 1. The largest absolute Gasteiger partial charge is 0.476 e. The van der Waals surface area contributed by atoms with Gasteiger partial charge in [-0.2, -0.15) is 0 Å². The van der Waals surface area contributed by atoms with Crippen molar-refractivity contribution in [3.8, 4) is 0 Å². The van der Waals surface area contributed by atoms with Gasteiger partial charge in [-0.25, -0.2) is 19.3 Å². The molecule has 2 aromatic rings. The van der Waals surface area contributed by atoms with Gasteiger partial charge in [0.2, 0.25) is 0 Å². The lowest BCUT2D eigenvalue weighted by Gasteiger charge is -2.05. The summed E-state index contributed by atoms with van der Waals surface area (Å²) in [6, 6.07) is -0.321. The second kappa shape index (κ2) is 6.61. The molecule has 2 aromatic heterocycles. The first-order chi connectivity index (χ1) is 9.65. The fourth-order valence-corrected chi connectivity index (χ4v) is 1.90. The number of nitrogens with zero attached hydrogens (tertiary/aromatic N) is 4. The number of hydrogen-bond acceptors (Lipinski definition) is 6. The zero-order valence-corrected chi connectivity index (χ0v) is 11.1. The Labute approximate surface area is 117 Å². The van der Waals surface area contributed by atoms with Gasteiger partial charge < -0.3 is 15.7 Å². The van der Waals surface area contributed by atoms with Crippen molar-refractivity contribution in [3.05, 3.63) is 28.5 Å². The Morgan fingerprint density at radius 2 is 2.25 bits per heavy atom. The van der Waals surface area contributed by atoms with E-state index in [0.717, 1.165) is 5.01 Å². The molecular formula is C10H12N6O3S. The topological polar surface area (TPSA) is 122 Å². The molecule has 0 aromatic carbocycles. The van der Waals surface area contributed by atoms with Gasteiger partial charge in [0.15, 0.2) is 5.69 Å². The lowest BCUT2D eigenvalue weighted by molar-refractivity contribution is 0.0690. The van der Waals surface area contributed by atoms with Crippen molar-refractivity contribution in [2.75, 3.05) is 6.54 Å². The van der Waals surface area contributed by atoms with Crippen molar-refractivity contribution < 1.29 is 14.7 Å². The SMILES string of the molecule is O=C(NCCn1cc(C(=O)O)nn1)NCc1nccs1. The maximum Gasteiger partial charge on any atom is 0.358 e. The van der Waals surface area contributed by atoms with Crippen molar-refractivity contribution in [2.24, 2.45) is 0 Å². The molecule has 0 unspecified atom stereocenters. The van der Waals surface area contributed by atoms with Gasteiger partial charge in [0.05, 0.1) is 19.3 Å². The summed E-state index contributed by atoms with van der Waals surface area (Å²) in [7, 11) is 0. The minimum atomic E-state index is -1.13. The van der Waals surface area contributed by atoms with Crippen LogP contribution in [0.3, 0.4) is 0 Å². The minimum Gasteiger partial charge on any atom is -0.476 e. The molecular weight excluding hydrogens is 284 g/mol. The van der Waals surface area contributed by atoms with Crippen LogP contribution in [-0.2, 0) is 13.1 Å². The number of amides is 2. The molecule has 0 fully saturated rings. The average Bonchev–Trinajstić information content (AvgIpc) is 3.07. The summed E-state index contributed by atoms with van der Waals surface area (Å²) in [6.07, 6.45) is 2.97. The van der Waals surface area contributed by atoms with E-state index in [1.165, 1.54) is 22.2 Å². The van der Waals surface area contributed by atoms with Crippen LogP contribution in [0.5, 0.6) is 0 Å². The van der Waals surface area contributed by atoms with Crippen LogP contribution >= 0.6 is 11.3 Å². The van der Waals surface area contributed by atoms with Crippen LogP contribution in [0.25, 0.3) is 0 Å². The molecule has 0 atom stereocenters. The second-order valence-electron chi connectivity index (χ2n) is 3.71. The molecule has 0 radical (unpaired) electrons.